The second-order valence-electron chi connectivity index (χ2n) is 1.70. The van der Waals surface area contributed by atoms with E-state index in [2.05, 4.69) is 0 Å². The van der Waals surface area contributed by atoms with Gasteiger partial charge in [0.1, 0.15) is 0 Å². The summed E-state index contributed by atoms with van der Waals surface area (Å²) in [5, 5.41) is 0. The van der Waals surface area contributed by atoms with Crippen molar-refractivity contribution >= 4 is 17.6 Å². The van der Waals surface area contributed by atoms with E-state index in [1.54, 1.807) is 4.49 Å². The van der Waals surface area contributed by atoms with Crippen molar-refractivity contribution in [1.29, 1.82) is 0 Å². The van der Waals surface area contributed by atoms with Gasteiger partial charge in [-0.25, -0.2) is 8.42 Å². The maximum absolute atomic E-state index is 10.6. The zero-order valence-corrected chi connectivity index (χ0v) is 7.15. The lowest BCUT2D eigenvalue weighted by Gasteiger charge is -2.06. The minimum Gasteiger partial charge on any atom is -0.270 e. The van der Waals surface area contributed by atoms with E-state index in [1.165, 1.54) is 6.92 Å². The third-order valence-corrected chi connectivity index (χ3v) is 3.68. The van der Waals surface area contributed by atoms with Gasteiger partial charge in [0.15, 0.2) is 0 Å². The summed E-state index contributed by atoms with van der Waals surface area (Å²) in [5.41, 5.74) is 9.48. The summed E-state index contributed by atoms with van der Waals surface area (Å²) < 4.78 is 33.2. The second kappa shape index (κ2) is 2.98. The molecule has 0 rings (SSSR count). The summed E-state index contributed by atoms with van der Waals surface area (Å²) in [6, 6.07) is 0. The van der Waals surface area contributed by atoms with Gasteiger partial charge in [-0.3, -0.25) is 15.6 Å². The van der Waals surface area contributed by atoms with E-state index in [0.717, 1.165) is 0 Å². The molecule has 0 aromatic carbocycles. The molecule has 8 heteroatoms. The summed E-state index contributed by atoms with van der Waals surface area (Å²) in [6.45, 7) is 1.39. The van der Waals surface area contributed by atoms with Crippen LogP contribution in [0.15, 0.2) is 0 Å². The van der Waals surface area contributed by atoms with Crippen LogP contribution in [0.5, 0.6) is 0 Å². The highest BCUT2D eigenvalue weighted by atomic mass is 32.2. The fourth-order valence-electron chi connectivity index (χ4n) is 0.282. The van der Waals surface area contributed by atoms with E-state index in [9.17, 15) is 13.0 Å². The van der Waals surface area contributed by atoms with Crippen LogP contribution in [0.1, 0.15) is 6.92 Å². The van der Waals surface area contributed by atoms with E-state index in [4.69, 9.17) is 11.0 Å². The SMILES string of the molecule is CCS(=O)(=O)NP(N)(N)=O. The van der Waals surface area contributed by atoms with Crippen molar-refractivity contribution in [1.82, 2.24) is 4.49 Å². The average molecular weight is 187 g/mol. The number of sulfonamides is 1. The molecule has 0 spiro atoms. The minimum absolute atomic E-state index is 0.189. The van der Waals surface area contributed by atoms with E-state index in [-0.39, 0.29) is 5.75 Å². The summed E-state index contributed by atoms with van der Waals surface area (Å²) in [6.07, 6.45) is 0. The number of nitrogens with one attached hydrogen (secondary N) is 1. The lowest BCUT2D eigenvalue weighted by molar-refractivity contribution is 0.567. The number of rotatable bonds is 3. The molecule has 5 N–H and O–H groups in total. The molecule has 10 heavy (non-hydrogen) atoms. The lowest BCUT2D eigenvalue weighted by atomic mass is 11.0. The molecular formula is C2H10N3O3PS. The van der Waals surface area contributed by atoms with Gasteiger partial charge in [-0.15, -0.1) is 4.49 Å². The Morgan fingerprint density at radius 1 is 1.50 bits per heavy atom. The van der Waals surface area contributed by atoms with Crippen LogP contribution in [0.4, 0.5) is 0 Å². The fraction of sp³-hybridized carbons (Fsp3) is 1.00. The number of hydrogen-bond acceptors (Lipinski definition) is 3. The first-order chi connectivity index (χ1) is 4.27. The predicted molar refractivity (Wildman–Crippen MR) is 38.6 cm³/mol. The van der Waals surface area contributed by atoms with Crippen LogP contribution in [-0.2, 0) is 14.6 Å². The Bertz CT molecular complexity index is 240. The van der Waals surface area contributed by atoms with Crippen LogP contribution >= 0.6 is 7.59 Å². The Labute approximate surface area is 59.6 Å². The second-order valence-corrected chi connectivity index (χ2v) is 5.66. The van der Waals surface area contributed by atoms with Gasteiger partial charge in [-0.1, -0.05) is 0 Å². The Hall–Kier alpha value is 0.0600. The first kappa shape index (κ1) is 10.1. The van der Waals surface area contributed by atoms with Crippen molar-refractivity contribution in [2.45, 2.75) is 6.92 Å². The van der Waals surface area contributed by atoms with E-state index < -0.39 is 17.6 Å². The van der Waals surface area contributed by atoms with Gasteiger partial charge in [0, 0.05) is 0 Å². The van der Waals surface area contributed by atoms with Gasteiger partial charge >= 0.3 is 0 Å². The van der Waals surface area contributed by atoms with Crippen LogP contribution in [0, 0.1) is 0 Å². The standard InChI is InChI=1S/C2H10N3O3PS/c1-2-10(7,8)5-9(3,4)6/h2H2,1H3,(H5,3,4,5,6). The van der Waals surface area contributed by atoms with Gasteiger partial charge in [0.05, 0.1) is 5.75 Å². The maximum Gasteiger partial charge on any atom is 0.287 e. The molecule has 62 valence electrons. The average Bonchev–Trinajstić information content (AvgIpc) is 1.60. The van der Waals surface area contributed by atoms with Gasteiger partial charge < -0.3 is 0 Å². The molecule has 0 aromatic rings. The van der Waals surface area contributed by atoms with Crippen molar-refractivity contribution < 1.29 is 13.0 Å². The molecule has 0 amide bonds. The van der Waals surface area contributed by atoms with Crippen LogP contribution in [0.3, 0.4) is 0 Å². The molecule has 0 aromatic heterocycles. The molecule has 0 aliphatic carbocycles. The molecule has 0 saturated carbocycles. The fourth-order valence-corrected chi connectivity index (χ4v) is 2.54. The van der Waals surface area contributed by atoms with Crippen molar-refractivity contribution in [3.63, 3.8) is 0 Å². The minimum atomic E-state index is -3.64. The van der Waals surface area contributed by atoms with Crippen LogP contribution in [0.25, 0.3) is 0 Å². The zero-order chi connectivity index (χ0) is 8.41. The molecule has 0 aliphatic rings. The van der Waals surface area contributed by atoms with Crippen LogP contribution in [0.2, 0.25) is 0 Å². The Morgan fingerprint density at radius 3 is 2.00 bits per heavy atom. The summed E-state index contributed by atoms with van der Waals surface area (Å²) >= 11 is 0. The summed E-state index contributed by atoms with van der Waals surface area (Å²) in [5.74, 6) is -0.189. The Kier molecular flexibility index (Phi) is 3.00. The summed E-state index contributed by atoms with van der Waals surface area (Å²) in [7, 11) is -7.18. The maximum atomic E-state index is 10.6. The van der Waals surface area contributed by atoms with Crippen molar-refractivity contribution in [3.8, 4) is 0 Å². The van der Waals surface area contributed by atoms with Crippen molar-refractivity contribution in [2.24, 2.45) is 11.0 Å². The molecule has 6 nitrogen and oxygen atoms in total. The quantitative estimate of drug-likeness (QED) is 0.487. The van der Waals surface area contributed by atoms with Crippen LogP contribution in [-0.4, -0.2) is 14.2 Å². The molecule has 0 aliphatic heterocycles. The summed E-state index contributed by atoms with van der Waals surface area (Å²) in [4.78, 5) is 0. The van der Waals surface area contributed by atoms with Gasteiger partial charge in [-0.2, -0.15) is 0 Å². The molecule has 0 fully saturated rings. The van der Waals surface area contributed by atoms with E-state index in [0.29, 0.717) is 0 Å². The molecular weight excluding hydrogens is 177 g/mol. The number of nitrogens with two attached hydrogens (primary N) is 2. The Balaban J connectivity index is 4.33. The third kappa shape index (κ3) is 4.89. The molecule has 0 radical (unpaired) electrons. The lowest BCUT2D eigenvalue weighted by Crippen LogP contribution is -2.29. The monoisotopic (exact) mass is 187 g/mol. The van der Waals surface area contributed by atoms with Gasteiger partial charge in [0.2, 0.25) is 10.0 Å². The molecule has 0 atom stereocenters. The molecule has 0 unspecified atom stereocenters. The van der Waals surface area contributed by atoms with Gasteiger partial charge in [0.25, 0.3) is 7.59 Å². The van der Waals surface area contributed by atoms with Gasteiger partial charge in [-0.05, 0) is 6.92 Å². The van der Waals surface area contributed by atoms with E-state index in [1.807, 2.05) is 0 Å². The highest BCUT2D eigenvalue weighted by Gasteiger charge is 2.16. The smallest absolute Gasteiger partial charge is 0.270 e. The third-order valence-electron chi connectivity index (χ3n) is 0.662. The van der Waals surface area contributed by atoms with Crippen molar-refractivity contribution in [2.75, 3.05) is 5.75 Å². The first-order valence-corrected chi connectivity index (χ1v) is 5.95. The normalized spacial score (nSPS) is 13.5. The van der Waals surface area contributed by atoms with E-state index >= 15 is 0 Å². The predicted octanol–water partition coefficient (Wildman–Crippen LogP) is -1.05. The highest BCUT2D eigenvalue weighted by molar-refractivity contribution is 7.95. The highest BCUT2D eigenvalue weighted by Crippen LogP contribution is 2.18. The first-order valence-electron chi connectivity index (χ1n) is 2.46. The molecule has 0 bridgehead atoms. The molecule has 0 heterocycles. The molecule has 0 saturated heterocycles. The van der Waals surface area contributed by atoms with Crippen LogP contribution < -0.4 is 15.5 Å². The topological polar surface area (TPSA) is 115 Å². The van der Waals surface area contributed by atoms with Crippen molar-refractivity contribution in [3.05, 3.63) is 0 Å². The largest absolute Gasteiger partial charge is 0.287 e. The Morgan fingerprint density at radius 2 is 1.90 bits per heavy atom. The zero-order valence-electron chi connectivity index (χ0n) is 5.44. The number of hydrogen-bond donors (Lipinski definition) is 3.